The monoisotopic (exact) mass is 446 g/mol. The van der Waals surface area contributed by atoms with Crippen LogP contribution in [0.3, 0.4) is 0 Å². The topological polar surface area (TPSA) is 40.6 Å². The fourth-order valence-corrected chi connectivity index (χ4v) is 5.14. The average Bonchev–Trinajstić information content (AvgIpc) is 3.22. The van der Waals surface area contributed by atoms with Crippen LogP contribution in [-0.2, 0) is 16.1 Å². The van der Waals surface area contributed by atoms with Crippen LogP contribution in [0.2, 0.25) is 0 Å². The zero-order valence-corrected chi connectivity index (χ0v) is 17.8. The number of anilines is 2. The van der Waals surface area contributed by atoms with Gasteiger partial charge in [0.1, 0.15) is 5.82 Å². The van der Waals surface area contributed by atoms with Crippen molar-refractivity contribution in [3.63, 3.8) is 0 Å². The molecule has 4 nitrogen and oxygen atoms in total. The molecule has 1 saturated heterocycles. The lowest BCUT2D eigenvalue weighted by Crippen LogP contribution is -2.29. The van der Waals surface area contributed by atoms with E-state index in [0.717, 1.165) is 11.8 Å². The number of para-hydroxylation sites is 2. The molecule has 0 unspecified atom stereocenters. The van der Waals surface area contributed by atoms with E-state index < -0.39 is 0 Å². The maximum absolute atomic E-state index is 14.3. The second-order valence-corrected chi connectivity index (χ2v) is 8.69. The van der Waals surface area contributed by atoms with E-state index in [0.29, 0.717) is 37.3 Å². The second kappa shape index (κ2) is 7.76. The van der Waals surface area contributed by atoms with Crippen molar-refractivity contribution in [2.75, 3.05) is 9.80 Å². The Balaban J connectivity index is 1.59. The predicted octanol–water partition coefficient (Wildman–Crippen LogP) is 5.15. The van der Waals surface area contributed by atoms with Crippen LogP contribution in [0.1, 0.15) is 11.1 Å². The van der Waals surface area contributed by atoms with Crippen LogP contribution in [0.5, 0.6) is 0 Å². The molecule has 0 radical (unpaired) electrons. The maximum atomic E-state index is 14.3. The Labute approximate surface area is 188 Å². The third kappa shape index (κ3) is 3.26. The molecule has 0 spiro atoms. The Hall–Kier alpha value is -3.29. The highest BCUT2D eigenvalue weighted by atomic mass is 32.2. The van der Waals surface area contributed by atoms with Gasteiger partial charge in [-0.1, -0.05) is 78.6 Å². The summed E-state index contributed by atoms with van der Waals surface area (Å²) in [4.78, 5) is 30.0. The van der Waals surface area contributed by atoms with Gasteiger partial charge in [0.05, 0.1) is 28.4 Å². The molecule has 2 amide bonds. The Morgan fingerprint density at radius 1 is 0.839 bits per heavy atom. The van der Waals surface area contributed by atoms with E-state index in [2.05, 4.69) is 0 Å². The van der Waals surface area contributed by atoms with Crippen molar-refractivity contribution in [2.45, 2.75) is 6.54 Å². The summed E-state index contributed by atoms with van der Waals surface area (Å²) in [6.07, 6.45) is 0. The third-order valence-corrected chi connectivity index (χ3v) is 6.59. The largest absolute Gasteiger partial charge is 0.303 e. The summed E-state index contributed by atoms with van der Waals surface area (Å²) in [6.45, 7) is 0.0744. The molecule has 3 aromatic carbocycles. The molecule has 2 aliphatic rings. The van der Waals surface area contributed by atoms with Crippen LogP contribution in [0.15, 0.2) is 83.8 Å². The van der Waals surface area contributed by atoms with Crippen molar-refractivity contribution >= 4 is 57.1 Å². The first kappa shape index (κ1) is 19.7. The van der Waals surface area contributed by atoms with Crippen LogP contribution in [0.25, 0.3) is 5.57 Å². The molecule has 1 fully saturated rings. The van der Waals surface area contributed by atoms with Gasteiger partial charge in [0.15, 0.2) is 4.32 Å². The zero-order valence-electron chi connectivity index (χ0n) is 16.1. The van der Waals surface area contributed by atoms with Gasteiger partial charge >= 0.3 is 0 Å². The molecule has 31 heavy (non-hydrogen) atoms. The number of carbonyl (C=O) groups is 2. The smallest absolute Gasteiger partial charge is 0.271 e. The molecule has 0 N–H and O–H groups in total. The lowest BCUT2D eigenvalue weighted by molar-refractivity contribution is -0.115. The standard InChI is InChI=1S/C24H15FN2O2S2/c25-18-12-6-4-8-15(18)14-26-19-13-7-5-11-17(19)20(22(26)28)21-23(29)27(24(30)31-21)16-9-2-1-3-10-16/h1-13H,14H2/b21-20-. The van der Waals surface area contributed by atoms with Crippen molar-refractivity contribution in [2.24, 2.45) is 0 Å². The number of benzene rings is 3. The highest BCUT2D eigenvalue weighted by molar-refractivity contribution is 8.27. The van der Waals surface area contributed by atoms with Crippen LogP contribution in [0.4, 0.5) is 15.8 Å². The van der Waals surface area contributed by atoms with Crippen LogP contribution in [0, 0.1) is 5.82 Å². The highest BCUT2D eigenvalue weighted by Crippen LogP contribution is 2.45. The molecule has 2 heterocycles. The van der Waals surface area contributed by atoms with Crippen molar-refractivity contribution in [3.05, 3.63) is 101 Å². The molecule has 5 rings (SSSR count). The van der Waals surface area contributed by atoms with Gasteiger partial charge in [0.25, 0.3) is 11.8 Å². The molecule has 7 heteroatoms. The van der Waals surface area contributed by atoms with Gasteiger partial charge in [-0.15, -0.1) is 0 Å². The molecule has 0 bridgehead atoms. The van der Waals surface area contributed by atoms with E-state index in [1.165, 1.54) is 15.9 Å². The van der Waals surface area contributed by atoms with Crippen LogP contribution < -0.4 is 9.80 Å². The number of thiocarbonyl (C=S) groups is 1. The summed E-state index contributed by atoms with van der Waals surface area (Å²) in [5, 5.41) is 0. The molecule has 3 aromatic rings. The van der Waals surface area contributed by atoms with Crippen molar-refractivity contribution in [1.29, 1.82) is 0 Å². The van der Waals surface area contributed by atoms with Crippen molar-refractivity contribution in [1.82, 2.24) is 0 Å². The van der Waals surface area contributed by atoms with E-state index >= 15 is 0 Å². The average molecular weight is 447 g/mol. The fourth-order valence-electron chi connectivity index (χ4n) is 3.77. The Bertz CT molecular complexity index is 1270. The minimum absolute atomic E-state index is 0.0744. The van der Waals surface area contributed by atoms with Gasteiger partial charge < -0.3 is 4.90 Å². The third-order valence-electron chi connectivity index (χ3n) is 5.22. The van der Waals surface area contributed by atoms with Gasteiger partial charge in [0, 0.05) is 11.1 Å². The summed E-state index contributed by atoms with van der Waals surface area (Å²) in [5.41, 5.74) is 2.67. The molecular formula is C24H15FN2O2S2. The lowest BCUT2D eigenvalue weighted by atomic mass is 10.1. The number of thioether (sulfide) groups is 1. The van der Waals surface area contributed by atoms with Gasteiger partial charge in [-0.2, -0.15) is 0 Å². The summed E-state index contributed by atoms with van der Waals surface area (Å²) in [6, 6.07) is 22.7. The number of rotatable bonds is 3. The number of amides is 2. The van der Waals surface area contributed by atoms with Crippen molar-refractivity contribution in [3.8, 4) is 0 Å². The quantitative estimate of drug-likeness (QED) is 0.412. The Kier molecular flexibility index (Phi) is 4.92. The molecule has 0 atom stereocenters. The van der Waals surface area contributed by atoms with E-state index in [1.807, 2.05) is 30.3 Å². The Morgan fingerprint density at radius 2 is 1.52 bits per heavy atom. The summed E-state index contributed by atoms with van der Waals surface area (Å²) in [7, 11) is 0. The number of carbonyl (C=O) groups excluding carboxylic acids is 2. The number of nitrogens with zero attached hydrogens (tertiary/aromatic N) is 2. The highest BCUT2D eigenvalue weighted by Gasteiger charge is 2.42. The molecule has 2 aliphatic heterocycles. The number of hydrogen-bond donors (Lipinski definition) is 0. The summed E-state index contributed by atoms with van der Waals surface area (Å²) >= 11 is 6.58. The molecule has 152 valence electrons. The number of halogens is 1. The van der Waals surface area contributed by atoms with E-state index in [1.54, 1.807) is 42.5 Å². The maximum Gasteiger partial charge on any atom is 0.271 e. The first-order valence-corrected chi connectivity index (χ1v) is 10.8. The second-order valence-electron chi connectivity index (χ2n) is 7.05. The summed E-state index contributed by atoms with van der Waals surface area (Å²) < 4.78 is 14.6. The zero-order chi connectivity index (χ0) is 21.5. The van der Waals surface area contributed by atoms with E-state index in [4.69, 9.17) is 12.2 Å². The minimum atomic E-state index is -0.378. The molecule has 0 saturated carbocycles. The van der Waals surface area contributed by atoms with Gasteiger partial charge in [-0.05, 0) is 24.3 Å². The van der Waals surface area contributed by atoms with E-state index in [-0.39, 0.29) is 24.2 Å². The predicted molar refractivity (Wildman–Crippen MR) is 125 cm³/mol. The SMILES string of the molecule is O=C1/C(=C2\SC(=S)N(c3ccccc3)C2=O)c2ccccc2N1Cc1ccccc1F. The Morgan fingerprint density at radius 3 is 2.29 bits per heavy atom. The van der Waals surface area contributed by atoms with Gasteiger partial charge in [-0.3, -0.25) is 14.5 Å². The lowest BCUT2D eigenvalue weighted by Gasteiger charge is -2.17. The van der Waals surface area contributed by atoms with Crippen LogP contribution >= 0.6 is 24.0 Å². The first-order chi connectivity index (χ1) is 15.1. The fraction of sp³-hybridized carbons (Fsp3) is 0.0417. The number of hydrogen-bond acceptors (Lipinski definition) is 4. The van der Waals surface area contributed by atoms with E-state index in [9.17, 15) is 14.0 Å². The summed E-state index contributed by atoms with van der Waals surface area (Å²) in [5.74, 6) is -1.04. The van der Waals surface area contributed by atoms with Crippen LogP contribution in [-0.4, -0.2) is 16.1 Å². The van der Waals surface area contributed by atoms with Gasteiger partial charge in [-0.25, -0.2) is 4.39 Å². The molecule has 0 aromatic heterocycles. The first-order valence-electron chi connectivity index (χ1n) is 9.56. The van der Waals surface area contributed by atoms with Gasteiger partial charge in [0.2, 0.25) is 0 Å². The normalized spacial score (nSPS) is 18.2. The minimum Gasteiger partial charge on any atom is -0.303 e. The number of fused-ring (bicyclic) bond motifs is 1. The van der Waals surface area contributed by atoms with Crippen molar-refractivity contribution < 1.29 is 14.0 Å². The molecule has 0 aliphatic carbocycles. The molecular weight excluding hydrogens is 431 g/mol.